The molecule has 0 fully saturated rings. The molecule has 3 aromatic heterocycles. The van der Waals surface area contributed by atoms with Crippen LogP contribution in [-0.2, 0) is 6.54 Å². The summed E-state index contributed by atoms with van der Waals surface area (Å²) >= 11 is 6.44. The number of methoxy groups -OCH3 is 1. The minimum absolute atomic E-state index is 0.0270. The number of hydrogen-bond acceptors (Lipinski definition) is 11. The lowest BCUT2D eigenvalue weighted by Crippen LogP contribution is -2.50. The number of rotatable bonds is 10. The lowest BCUT2D eigenvalue weighted by Gasteiger charge is -2.31. The van der Waals surface area contributed by atoms with E-state index in [-0.39, 0.29) is 30.1 Å². The molecule has 220 valence electrons. The molecule has 0 spiro atoms. The number of hydrogen-bond donors (Lipinski definition) is 3. The van der Waals surface area contributed by atoms with Crippen molar-refractivity contribution in [1.82, 2.24) is 40.3 Å². The van der Waals surface area contributed by atoms with E-state index < -0.39 is 18.3 Å². The maximum Gasteiger partial charge on any atom is 0.346 e. The van der Waals surface area contributed by atoms with Crippen LogP contribution in [0, 0.1) is 0 Å². The molecule has 3 N–H and O–H groups in total. The first-order valence-electron chi connectivity index (χ1n) is 13.4. The van der Waals surface area contributed by atoms with Crippen molar-refractivity contribution >= 4 is 28.5 Å². The van der Waals surface area contributed by atoms with Crippen LogP contribution in [0.1, 0.15) is 34.6 Å². The smallest absolute Gasteiger partial charge is 0.346 e. The molecular formula is C29H27ClN8O5. The molecule has 1 aliphatic heterocycles. The van der Waals surface area contributed by atoms with Crippen LogP contribution in [0.3, 0.4) is 0 Å². The Morgan fingerprint density at radius 1 is 1.12 bits per heavy atom. The average Bonchev–Trinajstić information content (AvgIpc) is 3.60. The number of pyridine rings is 1. The first-order chi connectivity index (χ1) is 20.9. The van der Waals surface area contributed by atoms with E-state index in [0.29, 0.717) is 39.3 Å². The largest absolute Gasteiger partial charge is 0.497 e. The SMILES string of the molecule is COc1cccc([C@@H](CO)NC(O)[C@@H](C)N2Cc3ncc(-c4nc(On5nnc6ccccc65)ncc4Cl)cc3C2=O)c1. The molecule has 2 aromatic carbocycles. The molecule has 5 aromatic rings. The van der Waals surface area contributed by atoms with Crippen LogP contribution in [0.25, 0.3) is 22.3 Å². The Morgan fingerprint density at radius 3 is 2.77 bits per heavy atom. The summed E-state index contributed by atoms with van der Waals surface area (Å²) < 4.78 is 5.27. The van der Waals surface area contributed by atoms with Crippen LogP contribution in [0.2, 0.25) is 5.02 Å². The van der Waals surface area contributed by atoms with E-state index in [4.69, 9.17) is 21.2 Å². The third-order valence-electron chi connectivity index (χ3n) is 7.27. The number of nitrogens with one attached hydrogen (secondary N) is 1. The highest BCUT2D eigenvalue weighted by Crippen LogP contribution is 2.32. The number of benzene rings is 2. The van der Waals surface area contributed by atoms with E-state index in [9.17, 15) is 15.0 Å². The molecule has 14 heteroatoms. The summed E-state index contributed by atoms with van der Waals surface area (Å²) in [5, 5.41) is 32.3. The Labute approximate surface area is 250 Å². The summed E-state index contributed by atoms with van der Waals surface area (Å²) in [6.45, 7) is 1.65. The third-order valence-corrected chi connectivity index (χ3v) is 7.54. The summed E-state index contributed by atoms with van der Waals surface area (Å²) in [7, 11) is 1.56. The summed E-state index contributed by atoms with van der Waals surface area (Å²) in [6, 6.07) is 14.9. The van der Waals surface area contributed by atoms with Crippen LogP contribution < -0.4 is 14.9 Å². The molecule has 1 amide bonds. The summed E-state index contributed by atoms with van der Waals surface area (Å²) in [6.07, 6.45) is 1.82. The summed E-state index contributed by atoms with van der Waals surface area (Å²) in [4.78, 5) is 35.0. The fourth-order valence-electron chi connectivity index (χ4n) is 4.87. The fraction of sp³-hybridized carbons (Fsp3) is 0.241. The molecule has 43 heavy (non-hydrogen) atoms. The van der Waals surface area contributed by atoms with Gasteiger partial charge >= 0.3 is 6.01 Å². The molecule has 0 aliphatic carbocycles. The van der Waals surface area contributed by atoms with Gasteiger partial charge in [-0.3, -0.25) is 15.1 Å². The van der Waals surface area contributed by atoms with Crippen LogP contribution in [0.5, 0.6) is 11.8 Å². The van der Waals surface area contributed by atoms with Crippen LogP contribution in [0.4, 0.5) is 0 Å². The maximum absolute atomic E-state index is 13.5. The Balaban J connectivity index is 1.19. The third kappa shape index (κ3) is 5.58. The van der Waals surface area contributed by atoms with Crippen molar-refractivity contribution in [1.29, 1.82) is 0 Å². The number of aromatic nitrogens is 6. The second-order valence-corrected chi connectivity index (χ2v) is 10.3. The number of carbonyl (C=O) groups excluding carboxylic acids is 1. The van der Waals surface area contributed by atoms with Gasteiger partial charge in [0, 0.05) is 11.8 Å². The van der Waals surface area contributed by atoms with Gasteiger partial charge in [-0.15, -0.1) is 5.10 Å². The topological polar surface area (TPSA) is 161 Å². The fourth-order valence-corrected chi connectivity index (χ4v) is 5.07. The molecule has 0 saturated heterocycles. The van der Waals surface area contributed by atoms with Gasteiger partial charge in [-0.2, -0.15) is 4.98 Å². The van der Waals surface area contributed by atoms with Crippen molar-refractivity contribution in [3.63, 3.8) is 0 Å². The van der Waals surface area contributed by atoms with Crippen molar-refractivity contribution in [2.75, 3.05) is 13.7 Å². The van der Waals surface area contributed by atoms with E-state index in [1.807, 2.05) is 18.2 Å². The van der Waals surface area contributed by atoms with E-state index in [0.717, 1.165) is 5.56 Å². The number of para-hydroxylation sites is 1. The van der Waals surface area contributed by atoms with Gasteiger partial charge < -0.3 is 24.7 Å². The number of halogens is 1. The highest BCUT2D eigenvalue weighted by atomic mass is 35.5. The normalized spacial score (nSPS) is 14.9. The highest BCUT2D eigenvalue weighted by Gasteiger charge is 2.36. The zero-order valence-electron chi connectivity index (χ0n) is 23.1. The minimum Gasteiger partial charge on any atom is -0.497 e. The van der Waals surface area contributed by atoms with Crippen LogP contribution in [0.15, 0.2) is 67.0 Å². The van der Waals surface area contributed by atoms with E-state index >= 15 is 0 Å². The number of aliphatic hydroxyl groups is 2. The molecular weight excluding hydrogens is 576 g/mol. The van der Waals surface area contributed by atoms with Gasteiger partial charge in [0.2, 0.25) is 0 Å². The van der Waals surface area contributed by atoms with E-state index in [1.54, 1.807) is 56.6 Å². The second kappa shape index (κ2) is 11.9. The Bertz CT molecular complexity index is 1800. The molecule has 1 unspecified atom stereocenters. The van der Waals surface area contributed by atoms with Crippen molar-refractivity contribution < 1.29 is 24.6 Å². The average molecular weight is 603 g/mol. The molecule has 3 atom stereocenters. The molecule has 1 aliphatic rings. The van der Waals surface area contributed by atoms with Crippen molar-refractivity contribution in [3.05, 3.63) is 88.8 Å². The van der Waals surface area contributed by atoms with Crippen molar-refractivity contribution in [2.45, 2.75) is 31.8 Å². The maximum atomic E-state index is 13.5. The highest BCUT2D eigenvalue weighted by molar-refractivity contribution is 6.32. The molecule has 0 bridgehead atoms. The Kier molecular flexibility index (Phi) is 7.86. The van der Waals surface area contributed by atoms with Crippen LogP contribution in [-0.4, -0.2) is 77.1 Å². The van der Waals surface area contributed by atoms with Crippen LogP contribution >= 0.6 is 11.6 Å². The number of fused-ring (bicyclic) bond motifs is 2. The predicted octanol–water partition coefficient (Wildman–Crippen LogP) is 2.77. The lowest BCUT2D eigenvalue weighted by molar-refractivity contribution is 0.0194. The molecule has 4 heterocycles. The zero-order chi connectivity index (χ0) is 30.1. The number of carbonyl (C=O) groups is 1. The standard InChI is InChI=1S/C29H27ClN8O5/c1-16(27(40)33-24(15-39)17-6-5-7-19(10-17)42-2)37-14-23-20(28(37)41)11-18(12-31-23)26-21(30)13-32-29(34-26)43-38-25-9-4-3-8-22(25)35-36-38/h3-13,16,24,27,33,39-40H,14-15H2,1-2H3/t16-,24-,27?/m1/s1. The van der Waals surface area contributed by atoms with E-state index in [2.05, 4.69) is 30.6 Å². The molecule has 13 nitrogen and oxygen atoms in total. The molecule has 6 rings (SSSR count). The monoisotopic (exact) mass is 602 g/mol. The van der Waals surface area contributed by atoms with E-state index in [1.165, 1.54) is 15.9 Å². The quantitative estimate of drug-likeness (QED) is 0.202. The van der Waals surface area contributed by atoms with Gasteiger partial charge in [0.25, 0.3) is 5.91 Å². The number of amides is 1. The van der Waals surface area contributed by atoms with Gasteiger partial charge in [0.05, 0.1) is 60.5 Å². The summed E-state index contributed by atoms with van der Waals surface area (Å²) in [5.41, 5.74) is 3.72. The summed E-state index contributed by atoms with van der Waals surface area (Å²) in [5.74, 6) is 0.317. The second-order valence-electron chi connectivity index (χ2n) is 9.91. The Morgan fingerprint density at radius 2 is 1.95 bits per heavy atom. The van der Waals surface area contributed by atoms with Gasteiger partial charge in [0.15, 0.2) is 0 Å². The number of nitrogens with zero attached hydrogens (tertiary/aromatic N) is 7. The first kappa shape index (κ1) is 28.4. The minimum atomic E-state index is -1.15. The van der Waals surface area contributed by atoms with Gasteiger partial charge in [-0.25, -0.2) is 4.98 Å². The van der Waals surface area contributed by atoms with Gasteiger partial charge in [-0.1, -0.05) is 40.7 Å². The van der Waals surface area contributed by atoms with Gasteiger partial charge in [-0.05, 0) is 48.0 Å². The molecule has 0 saturated carbocycles. The van der Waals surface area contributed by atoms with Crippen molar-refractivity contribution in [2.24, 2.45) is 0 Å². The lowest BCUT2D eigenvalue weighted by atomic mass is 10.1. The van der Waals surface area contributed by atoms with Crippen molar-refractivity contribution in [3.8, 4) is 23.0 Å². The predicted molar refractivity (Wildman–Crippen MR) is 155 cm³/mol. The number of ether oxygens (including phenoxy) is 1. The first-order valence-corrected chi connectivity index (χ1v) is 13.7. The Hall–Kier alpha value is -4.69. The zero-order valence-corrected chi connectivity index (χ0v) is 23.9. The van der Waals surface area contributed by atoms with Gasteiger partial charge in [0.1, 0.15) is 23.0 Å². The number of aliphatic hydroxyl groups excluding tert-OH is 2. The molecule has 0 radical (unpaired) electrons.